The maximum absolute atomic E-state index is 4.95. The predicted molar refractivity (Wildman–Crippen MR) is 136 cm³/mol. The summed E-state index contributed by atoms with van der Waals surface area (Å²) in [5.41, 5.74) is 10.6. The molecule has 6 aromatic rings. The second kappa shape index (κ2) is 6.45. The lowest BCUT2D eigenvalue weighted by Crippen LogP contribution is -2.01. The maximum atomic E-state index is 4.95. The number of aryl methyl sites for hydroxylation is 3. The first-order valence-electron chi connectivity index (χ1n) is 12.1. The smallest absolute Gasteiger partial charge is 0.0822 e. The molecular formula is C30H28N2. The highest BCUT2D eigenvalue weighted by Crippen LogP contribution is 2.44. The molecule has 32 heavy (non-hydrogen) atoms. The first-order valence-corrected chi connectivity index (χ1v) is 12.1. The standard InChI is InChI=1S/C30H28N2/c1-17-8-9-23-25(14-17)32-29-19(3)12-18(2)13-24(29)28-27-21(10-11-31-28)16-22(26(23)30(27)32)15-20-6-4-5-7-20/h8-14,16,20H,4-7,15H2,1-3H3. The van der Waals surface area contributed by atoms with Gasteiger partial charge in [-0.05, 0) is 73.4 Å². The average molecular weight is 417 g/mol. The van der Waals surface area contributed by atoms with Crippen molar-refractivity contribution in [2.75, 3.05) is 0 Å². The quantitative estimate of drug-likeness (QED) is 0.206. The summed E-state index contributed by atoms with van der Waals surface area (Å²) in [6.07, 6.45) is 8.73. The van der Waals surface area contributed by atoms with E-state index >= 15 is 0 Å². The fourth-order valence-electron chi connectivity index (χ4n) is 6.63. The van der Waals surface area contributed by atoms with Crippen LogP contribution in [0.1, 0.15) is 47.9 Å². The fraction of sp³-hybridized carbons (Fsp3) is 0.300. The van der Waals surface area contributed by atoms with Gasteiger partial charge >= 0.3 is 0 Å². The summed E-state index contributed by atoms with van der Waals surface area (Å²) in [6, 6.07) is 16.4. The molecular weight excluding hydrogens is 388 g/mol. The topological polar surface area (TPSA) is 17.3 Å². The normalized spacial score (nSPS) is 15.5. The van der Waals surface area contributed by atoms with Crippen LogP contribution in [0.2, 0.25) is 0 Å². The molecule has 1 aliphatic rings. The van der Waals surface area contributed by atoms with E-state index < -0.39 is 0 Å². The van der Waals surface area contributed by atoms with Gasteiger partial charge in [0.15, 0.2) is 0 Å². The molecule has 1 saturated carbocycles. The molecule has 0 saturated heterocycles. The van der Waals surface area contributed by atoms with Crippen LogP contribution in [0, 0.1) is 26.7 Å². The van der Waals surface area contributed by atoms with Gasteiger partial charge in [-0.15, -0.1) is 0 Å². The van der Waals surface area contributed by atoms with Crippen LogP contribution in [0.4, 0.5) is 0 Å². The Morgan fingerprint density at radius 3 is 2.53 bits per heavy atom. The van der Waals surface area contributed by atoms with Crippen LogP contribution in [-0.2, 0) is 6.42 Å². The fourth-order valence-corrected chi connectivity index (χ4v) is 6.63. The Kier molecular flexibility index (Phi) is 3.72. The molecule has 2 nitrogen and oxygen atoms in total. The van der Waals surface area contributed by atoms with Crippen molar-refractivity contribution in [2.45, 2.75) is 52.9 Å². The van der Waals surface area contributed by atoms with E-state index in [9.17, 15) is 0 Å². The third-order valence-corrected chi connectivity index (χ3v) is 7.90. The number of benzene rings is 3. The van der Waals surface area contributed by atoms with Crippen molar-refractivity contribution >= 4 is 49.0 Å². The number of rotatable bonds is 2. The van der Waals surface area contributed by atoms with Crippen molar-refractivity contribution in [3.63, 3.8) is 0 Å². The molecule has 0 bridgehead atoms. The Labute approximate surface area is 188 Å². The molecule has 3 aromatic heterocycles. The van der Waals surface area contributed by atoms with Gasteiger partial charge in [-0.25, -0.2) is 0 Å². The summed E-state index contributed by atoms with van der Waals surface area (Å²) in [5.74, 6) is 0.820. The third kappa shape index (κ3) is 2.38. The summed E-state index contributed by atoms with van der Waals surface area (Å²) < 4.78 is 2.57. The van der Waals surface area contributed by atoms with Crippen LogP contribution in [0.25, 0.3) is 49.0 Å². The van der Waals surface area contributed by atoms with Gasteiger partial charge in [0.05, 0.1) is 22.1 Å². The van der Waals surface area contributed by atoms with Gasteiger partial charge in [0, 0.05) is 27.7 Å². The number of pyridine rings is 2. The number of hydrogen-bond acceptors (Lipinski definition) is 1. The third-order valence-electron chi connectivity index (χ3n) is 7.90. The molecule has 1 fully saturated rings. The lowest BCUT2D eigenvalue weighted by molar-refractivity contribution is 0.549. The monoisotopic (exact) mass is 416 g/mol. The molecule has 3 aromatic carbocycles. The van der Waals surface area contributed by atoms with Crippen molar-refractivity contribution in [1.82, 2.24) is 9.38 Å². The van der Waals surface area contributed by atoms with Crippen LogP contribution >= 0.6 is 0 Å². The molecule has 158 valence electrons. The first kappa shape index (κ1) is 18.4. The highest BCUT2D eigenvalue weighted by Gasteiger charge is 2.24. The van der Waals surface area contributed by atoms with Crippen molar-refractivity contribution in [1.29, 1.82) is 0 Å². The molecule has 1 aliphatic carbocycles. The zero-order valence-electron chi connectivity index (χ0n) is 19.1. The predicted octanol–water partition coefficient (Wildman–Crippen LogP) is 8.04. The van der Waals surface area contributed by atoms with Gasteiger partial charge in [-0.1, -0.05) is 55.5 Å². The zero-order chi connectivity index (χ0) is 21.6. The van der Waals surface area contributed by atoms with Crippen molar-refractivity contribution < 1.29 is 0 Å². The van der Waals surface area contributed by atoms with Gasteiger partial charge in [0.1, 0.15) is 0 Å². The summed E-state index contributed by atoms with van der Waals surface area (Å²) in [4.78, 5) is 4.95. The Balaban J connectivity index is 1.78. The first-order chi connectivity index (χ1) is 15.6. The Bertz CT molecular complexity index is 1680. The largest absolute Gasteiger partial charge is 0.308 e. The summed E-state index contributed by atoms with van der Waals surface area (Å²) >= 11 is 0. The molecule has 2 heteroatoms. The van der Waals surface area contributed by atoms with Crippen LogP contribution in [-0.4, -0.2) is 9.38 Å². The lowest BCUT2D eigenvalue weighted by atomic mass is 9.91. The van der Waals surface area contributed by atoms with E-state index in [2.05, 4.69) is 67.6 Å². The second-order valence-corrected chi connectivity index (χ2v) is 10.2. The van der Waals surface area contributed by atoms with E-state index in [4.69, 9.17) is 4.98 Å². The highest BCUT2D eigenvalue weighted by atomic mass is 14.9. The van der Waals surface area contributed by atoms with E-state index in [0.717, 1.165) is 11.4 Å². The molecule has 0 amide bonds. The Morgan fingerprint density at radius 2 is 1.69 bits per heavy atom. The highest BCUT2D eigenvalue weighted by molar-refractivity contribution is 6.28. The average Bonchev–Trinajstić information content (AvgIpc) is 3.39. The van der Waals surface area contributed by atoms with E-state index in [1.807, 2.05) is 6.20 Å². The molecule has 0 aliphatic heterocycles. The Morgan fingerprint density at radius 1 is 0.844 bits per heavy atom. The molecule has 3 heterocycles. The van der Waals surface area contributed by atoms with Crippen molar-refractivity contribution in [2.24, 2.45) is 5.92 Å². The van der Waals surface area contributed by atoms with Crippen LogP contribution in [0.3, 0.4) is 0 Å². The Hall–Kier alpha value is -3.13. The van der Waals surface area contributed by atoms with Crippen LogP contribution in [0.5, 0.6) is 0 Å². The molecule has 0 N–H and O–H groups in total. The van der Waals surface area contributed by atoms with Gasteiger partial charge in [0.2, 0.25) is 0 Å². The molecule has 7 rings (SSSR count). The number of fused-ring (bicyclic) bond motifs is 6. The minimum Gasteiger partial charge on any atom is -0.308 e. The molecule has 0 unspecified atom stereocenters. The molecule has 0 atom stereocenters. The number of hydrogen-bond donors (Lipinski definition) is 0. The van der Waals surface area contributed by atoms with E-state index in [0.29, 0.717) is 0 Å². The minimum atomic E-state index is 0.820. The van der Waals surface area contributed by atoms with Gasteiger partial charge in [0.25, 0.3) is 0 Å². The van der Waals surface area contributed by atoms with E-state index in [1.54, 1.807) is 0 Å². The minimum absolute atomic E-state index is 0.820. The SMILES string of the molecule is Cc1cc(C)c2c(c1)c1nccc3cc(CC4CCCC4)c4c5ccc(C)cc5n2c4c31. The van der Waals surface area contributed by atoms with Crippen LogP contribution < -0.4 is 0 Å². The van der Waals surface area contributed by atoms with Gasteiger partial charge < -0.3 is 4.40 Å². The number of nitrogens with zero attached hydrogens (tertiary/aromatic N) is 2. The van der Waals surface area contributed by atoms with E-state index in [-0.39, 0.29) is 0 Å². The summed E-state index contributed by atoms with van der Waals surface area (Å²) in [5, 5.41) is 6.77. The second-order valence-electron chi connectivity index (χ2n) is 10.2. The lowest BCUT2D eigenvalue weighted by Gasteiger charge is -2.17. The van der Waals surface area contributed by atoms with E-state index in [1.165, 1.54) is 97.8 Å². The molecule has 0 radical (unpaired) electrons. The summed E-state index contributed by atoms with van der Waals surface area (Å²) in [7, 11) is 0. The van der Waals surface area contributed by atoms with Crippen LogP contribution in [0.15, 0.2) is 48.7 Å². The molecule has 0 spiro atoms. The summed E-state index contributed by atoms with van der Waals surface area (Å²) in [6.45, 7) is 6.66. The van der Waals surface area contributed by atoms with Crippen molar-refractivity contribution in [3.05, 3.63) is 70.9 Å². The number of aromatic nitrogens is 2. The maximum Gasteiger partial charge on any atom is 0.0822 e. The van der Waals surface area contributed by atoms with Gasteiger partial charge in [-0.3, -0.25) is 4.98 Å². The van der Waals surface area contributed by atoms with Gasteiger partial charge in [-0.2, -0.15) is 0 Å². The zero-order valence-corrected chi connectivity index (χ0v) is 19.1. The van der Waals surface area contributed by atoms with Crippen molar-refractivity contribution in [3.8, 4) is 0 Å².